The van der Waals surface area contributed by atoms with Crippen molar-refractivity contribution in [2.24, 2.45) is 0 Å². The van der Waals surface area contributed by atoms with Gasteiger partial charge in [-0.15, -0.1) is 0 Å². The van der Waals surface area contributed by atoms with Crippen LogP contribution in [0.3, 0.4) is 0 Å². The Balaban J connectivity index is 1.69. The second-order valence-corrected chi connectivity index (χ2v) is 6.23. The highest BCUT2D eigenvalue weighted by molar-refractivity contribution is 6.32. The molecule has 1 fully saturated rings. The molecule has 2 aromatic rings. The maximum absolute atomic E-state index is 12.5. The average Bonchev–Trinajstić information content (AvgIpc) is 2.66. The summed E-state index contributed by atoms with van der Waals surface area (Å²) in [6.45, 7) is 3.74. The quantitative estimate of drug-likeness (QED) is 0.826. The SMILES string of the molecule is CCOc1ccccc1NC(=O)c1cnc(OC2CCOCC2)c(Cl)c1. The number of aromatic nitrogens is 1. The van der Waals surface area contributed by atoms with E-state index in [1.807, 2.05) is 19.1 Å². The van der Waals surface area contributed by atoms with Crippen LogP contribution in [0.25, 0.3) is 0 Å². The van der Waals surface area contributed by atoms with Crippen LogP contribution in [0.2, 0.25) is 5.02 Å². The molecule has 138 valence electrons. The Morgan fingerprint density at radius 3 is 2.85 bits per heavy atom. The second-order valence-electron chi connectivity index (χ2n) is 5.82. The topological polar surface area (TPSA) is 69.7 Å². The Labute approximate surface area is 157 Å². The predicted molar refractivity (Wildman–Crippen MR) is 99.3 cm³/mol. The van der Waals surface area contributed by atoms with E-state index in [-0.39, 0.29) is 12.0 Å². The van der Waals surface area contributed by atoms with Crippen LogP contribution in [0.5, 0.6) is 11.6 Å². The van der Waals surface area contributed by atoms with Gasteiger partial charge in [0.25, 0.3) is 5.91 Å². The fourth-order valence-electron chi connectivity index (χ4n) is 2.63. The molecule has 3 rings (SSSR count). The number of pyridine rings is 1. The number of para-hydroxylation sites is 2. The third kappa shape index (κ3) is 4.65. The third-order valence-corrected chi connectivity index (χ3v) is 4.22. The molecule has 1 aliphatic rings. The van der Waals surface area contributed by atoms with E-state index in [1.165, 1.54) is 6.20 Å². The summed E-state index contributed by atoms with van der Waals surface area (Å²) in [7, 11) is 0. The summed E-state index contributed by atoms with van der Waals surface area (Å²) in [4.78, 5) is 16.7. The molecule has 0 radical (unpaired) electrons. The summed E-state index contributed by atoms with van der Waals surface area (Å²) in [5.74, 6) is 0.635. The highest BCUT2D eigenvalue weighted by Gasteiger charge is 2.19. The number of benzene rings is 1. The zero-order valence-electron chi connectivity index (χ0n) is 14.5. The molecule has 26 heavy (non-hydrogen) atoms. The van der Waals surface area contributed by atoms with Crippen molar-refractivity contribution < 1.29 is 19.0 Å². The lowest BCUT2D eigenvalue weighted by Gasteiger charge is -2.23. The largest absolute Gasteiger partial charge is 0.492 e. The highest BCUT2D eigenvalue weighted by atomic mass is 35.5. The molecule has 1 aromatic heterocycles. The Bertz CT molecular complexity index is 763. The molecule has 1 aliphatic heterocycles. The molecule has 0 saturated carbocycles. The van der Waals surface area contributed by atoms with Crippen LogP contribution in [-0.2, 0) is 4.74 Å². The van der Waals surface area contributed by atoms with E-state index >= 15 is 0 Å². The van der Waals surface area contributed by atoms with Crippen molar-refractivity contribution in [3.8, 4) is 11.6 Å². The van der Waals surface area contributed by atoms with Crippen LogP contribution in [0.4, 0.5) is 5.69 Å². The Morgan fingerprint density at radius 2 is 2.12 bits per heavy atom. The van der Waals surface area contributed by atoms with Gasteiger partial charge in [-0.3, -0.25) is 4.79 Å². The minimum absolute atomic E-state index is 0.0338. The first kappa shape index (κ1) is 18.5. The van der Waals surface area contributed by atoms with E-state index in [2.05, 4.69) is 10.3 Å². The van der Waals surface area contributed by atoms with Crippen molar-refractivity contribution in [3.05, 3.63) is 47.1 Å². The molecule has 7 heteroatoms. The lowest BCUT2D eigenvalue weighted by molar-refractivity contribution is 0.0238. The normalized spacial score (nSPS) is 14.7. The molecule has 6 nitrogen and oxygen atoms in total. The van der Waals surface area contributed by atoms with Gasteiger partial charge in [0, 0.05) is 19.0 Å². The number of ether oxygens (including phenoxy) is 3. The zero-order valence-corrected chi connectivity index (χ0v) is 15.3. The summed E-state index contributed by atoms with van der Waals surface area (Å²) >= 11 is 6.25. The minimum atomic E-state index is -0.316. The number of hydrogen-bond donors (Lipinski definition) is 1. The fourth-order valence-corrected chi connectivity index (χ4v) is 2.84. The molecular weight excluding hydrogens is 356 g/mol. The number of rotatable bonds is 6. The van der Waals surface area contributed by atoms with Crippen molar-refractivity contribution in [1.29, 1.82) is 0 Å². The van der Waals surface area contributed by atoms with Gasteiger partial charge in [-0.2, -0.15) is 0 Å². The number of amides is 1. The number of nitrogens with zero attached hydrogens (tertiary/aromatic N) is 1. The summed E-state index contributed by atoms with van der Waals surface area (Å²) in [6, 6.07) is 8.81. The number of carbonyl (C=O) groups is 1. The van der Waals surface area contributed by atoms with Crippen molar-refractivity contribution in [2.75, 3.05) is 25.1 Å². The van der Waals surface area contributed by atoms with Gasteiger partial charge in [-0.05, 0) is 25.1 Å². The Hall–Kier alpha value is -2.31. The number of nitrogens with one attached hydrogen (secondary N) is 1. The number of halogens is 1. The Kier molecular flexibility index (Phi) is 6.30. The van der Waals surface area contributed by atoms with Crippen LogP contribution in [-0.4, -0.2) is 36.8 Å². The number of carbonyl (C=O) groups excluding carboxylic acids is 1. The summed E-state index contributed by atoms with van der Waals surface area (Å²) in [5, 5.41) is 3.13. The first-order valence-electron chi connectivity index (χ1n) is 8.60. The van der Waals surface area contributed by atoms with Crippen molar-refractivity contribution in [3.63, 3.8) is 0 Å². The molecule has 1 saturated heterocycles. The molecule has 1 N–H and O–H groups in total. The molecule has 1 amide bonds. The van der Waals surface area contributed by atoms with Gasteiger partial charge in [-0.25, -0.2) is 4.98 Å². The van der Waals surface area contributed by atoms with E-state index in [9.17, 15) is 4.79 Å². The van der Waals surface area contributed by atoms with Crippen LogP contribution >= 0.6 is 11.6 Å². The molecular formula is C19H21ClN2O4. The number of anilines is 1. The summed E-state index contributed by atoms with van der Waals surface area (Å²) in [5.41, 5.74) is 0.943. The van der Waals surface area contributed by atoms with Gasteiger partial charge >= 0.3 is 0 Å². The van der Waals surface area contributed by atoms with Gasteiger partial charge in [-0.1, -0.05) is 23.7 Å². The van der Waals surface area contributed by atoms with Crippen molar-refractivity contribution in [2.45, 2.75) is 25.9 Å². The zero-order chi connectivity index (χ0) is 18.4. The van der Waals surface area contributed by atoms with E-state index < -0.39 is 0 Å². The molecule has 0 aliphatic carbocycles. The van der Waals surface area contributed by atoms with E-state index in [1.54, 1.807) is 18.2 Å². The lowest BCUT2D eigenvalue weighted by Crippen LogP contribution is -2.26. The van der Waals surface area contributed by atoms with Crippen LogP contribution in [0.1, 0.15) is 30.1 Å². The van der Waals surface area contributed by atoms with Gasteiger partial charge in [0.1, 0.15) is 16.9 Å². The molecule has 0 unspecified atom stereocenters. The first-order chi connectivity index (χ1) is 12.7. The molecule has 1 aromatic carbocycles. The van der Waals surface area contributed by atoms with E-state index in [0.29, 0.717) is 47.7 Å². The molecule has 0 bridgehead atoms. The summed E-state index contributed by atoms with van der Waals surface area (Å²) < 4.78 is 16.6. The first-order valence-corrected chi connectivity index (χ1v) is 8.98. The monoisotopic (exact) mass is 376 g/mol. The van der Waals surface area contributed by atoms with Crippen molar-refractivity contribution in [1.82, 2.24) is 4.98 Å². The second kappa shape index (κ2) is 8.87. The van der Waals surface area contributed by atoms with Crippen molar-refractivity contribution >= 4 is 23.2 Å². The van der Waals surface area contributed by atoms with Gasteiger partial charge in [0.05, 0.1) is 31.1 Å². The third-order valence-electron chi connectivity index (χ3n) is 3.95. The molecule has 0 atom stereocenters. The number of hydrogen-bond acceptors (Lipinski definition) is 5. The lowest BCUT2D eigenvalue weighted by atomic mass is 10.1. The van der Waals surface area contributed by atoms with Gasteiger partial charge in [0.2, 0.25) is 5.88 Å². The maximum Gasteiger partial charge on any atom is 0.257 e. The maximum atomic E-state index is 12.5. The molecule has 2 heterocycles. The van der Waals surface area contributed by atoms with Gasteiger partial charge in [0.15, 0.2) is 0 Å². The predicted octanol–water partition coefficient (Wildman–Crippen LogP) is 3.94. The average molecular weight is 377 g/mol. The standard InChI is InChI=1S/C19H21ClN2O4/c1-2-25-17-6-4-3-5-16(17)22-18(23)13-11-15(20)19(21-12-13)26-14-7-9-24-10-8-14/h3-6,11-12,14H,2,7-10H2,1H3,(H,22,23). The van der Waals surface area contributed by atoms with Crippen LogP contribution in [0, 0.1) is 0 Å². The van der Waals surface area contributed by atoms with Gasteiger partial charge < -0.3 is 19.5 Å². The Morgan fingerprint density at radius 1 is 1.35 bits per heavy atom. The minimum Gasteiger partial charge on any atom is -0.492 e. The smallest absolute Gasteiger partial charge is 0.257 e. The van der Waals surface area contributed by atoms with E-state index in [4.69, 9.17) is 25.8 Å². The fraction of sp³-hybridized carbons (Fsp3) is 0.368. The van der Waals surface area contributed by atoms with Crippen LogP contribution in [0.15, 0.2) is 36.5 Å². The highest BCUT2D eigenvalue weighted by Crippen LogP contribution is 2.27. The van der Waals surface area contributed by atoms with Crippen LogP contribution < -0.4 is 14.8 Å². The summed E-state index contributed by atoms with van der Waals surface area (Å²) in [6.07, 6.45) is 3.09. The molecule has 0 spiro atoms. The van der Waals surface area contributed by atoms with E-state index in [0.717, 1.165) is 12.8 Å².